The Balaban J connectivity index is 2.51. The molecular weight excluding hydrogens is 292 g/mol. The van der Waals surface area contributed by atoms with E-state index in [9.17, 15) is 4.79 Å². The van der Waals surface area contributed by atoms with Gasteiger partial charge in [-0.1, -0.05) is 52.3 Å². The molecule has 18 heavy (non-hydrogen) atoms. The van der Waals surface area contributed by atoms with Gasteiger partial charge >= 0.3 is 5.97 Å². The Morgan fingerprint density at radius 3 is 2.56 bits per heavy atom. The van der Waals surface area contributed by atoms with Crippen LogP contribution in [0.5, 0.6) is 0 Å². The minimum absolute atomic E-state index is 0.294. The second-order valence-corrected chi connectivity index (χ2v) is 4.69. The Morgan fingerprint density at radius 1 is 1.17 bits per heavy atom. The molecule has 3 heteroatoms. The number of hydrogen-bond donors (Lipinski definition) is 0. The fourth-order valence-corrected chi connectivity index (χ4v) is 2.12. The van der Waals surface area contributed by atoms with Crippen LogP contribution in [-0.2, 0) is 4.74 Å². The summed E-state index contributed by atoms with van der Waals surface area (Å²) >= 11 is 3.38. The van der Waals surface area contributed by atoms with Crippen LogP contribution in [0.4, 0.5) is 0 Å². The summed E-state index contributed by atoms with van der Waals surface area (Å²) in [4.78, 5) is 11.9. The molecule has 0 bridgehead atoms. The van der Waals surface area contributed by atoms with Crippen molar-refractivity contribution in [1.82, 2.24) is 0 Å². The molecule has 0 atom stereocenters. The highest BCUT2D eigenvalue weighted by molar-refractivity contribution is 9.10. The Kier molecular flexibility index (Phi) is 4.15. The fourth-order valence-electron chi connectivity index (χ4n) is 1.76. The Labute approximate surface area is 115 Å². The van der Waals surface area contributed by atoms with E-state index in [-0.39, 0.29) is 5.97 Å². The lowest BCUT2D eigenvalue weighted by Gasteiger charge is -2.09. The predicted molar refractivity (Wildman–Crippen MR) is 75.5 cm³/mol. The van der Waals surface area contributed by atoms with E-state index in [0.717, 1.165) is 15.6 Å². The van der Waals surface area contributed by atoms with E-state index in [2.05, 4.69) is 15.9 Å². The van der Waals surface area contributed by atoms with Gasteiger partial charge in [0, 0.05) is 4.47 Å². The molecule has 0 aromatic heterocycles. The average Bonchev–Trinajstić information content (AvgIpc) is 2.40. The summed E-state index contributed by atoms with van der Waals surface area (Å²) in [6, 6.07) is 15.4. The van der Waals surface area contributed by atoms with E-state index in [1.54, 1.807) is 13.0 Å². The zero-order chi connectivity index (χ0) is 13.0. The van der Waals surface area contributed by atoms with Crippen LogP contribution in [0.15, 0.2) is 53.0 Å². The molecule has 0 aliphatic rings. The van der Waals surface area contributed by atoms with Gasteiger partial charge in [-0.15, -0.1) is 0 Å². The monoisotopic (exact) mass is 304 g/mol. The molecule has 0 unspecified atom stereocenters. The third-order valence-corrected chi connectivity index (χ3v) is 3.06. The van der Waals surface area contributed by atoms with Crippen molar-refractivity contribution in [3.05, 3.63) is 58.6 Å². The number of carbonyl (C=O) groups is 1. The first kappa shape index (κ1) is 12.8. The quantitative estimate of drug-likeness (QED) is 0.791. The lowest BCUT2D eigenvalue weighted by molar-refractivity contribution is 0.0527. The number of carbonyl (C=O) groups excluding carboxylic acids is 1. The van der Waals surface area contributed by atoms with Crippen LogP contribution < -0.4 is 0 Å². The van der Waals surface area contributed by atoms with Crippen LogP contribution in [0.1, 0.15) is 17.3 Å². The van der Waals surface area contributed by atoms with Gasteiger partial charge in [0.1, 0.15) is 0 Å². The van der Waals surface area contributed by atoms with Gasteiger partial charge in [0.15, 0.2) is 0 Å². The van der Waals surface area contributed by atoms with Gasteiger partial charge in [-0.05, 0) is 30.2 Å². The van der Waals surface area contributed by atoms with Crippen LogP contribution >= 0.6 is 15.9 Å². The molecule has 0 saturated carbocycles. The molecule has 0 N–H and O–H groups in total. The summed E-state index contributed by atoms with van der Waals surface area (Å²) in [6.45, 7) is 2.18. The third-order valence-electron chi connectivity index (χ3n) is 2.56. The topological polar surface area (TPSA) is 26.3 Å². The Bertz CT molecular complexity index is 550. The molecule has 0 heterocycles. The molecular formula is C15H13BrO2. The van der Waals surface area contributed by atoms with E-state index >= 15 is 0 Å². The summed E-state index contributed by atoms with van der Waals surface area (Å²) in [7, 11) is 0. The van der Waals surface area contributed by atoms with Crippen molar-refractivity contribution in [3.8, 4) is 11.1 Å². The van der Waals surface area contributed by atoms with Crippen molar-refractivity contribution in [3.63, 3.8) is 0 Å². The van der Waals surface area contributed by atoms with Crippen LogP contribution in [0, 0.1) is 0 Å². The van der Waals surface area contributed by atoms with Crippen molar-refractivity contribution in [2.45, 2.75) is 6.92 Å². The normalized spacial score (nSPS) is 10.1. The SMILES string of the molecule is CCOC(=O)c1cc(Br)ccc1-c1ccccc1. The molecule has 2 nitrogen and oxygen atoms in total. The van der Waals surface area contributed by atoms with Gasteiger partial charge in [0.2, 0.25) is 0 Å². The maximum Gasteiger partial charge on any atom is 0.338 e. The van der Waals surface area contributed by atoms with Crippen LogP contribution in [0.2, 0.25) is 0 Å². The smallest absolute Gasteiger partial charge is 0.338 e. The number of hydrogen-bond acceptors (Lipinski definition) is 2. The van der Waals surface area contributed by atoms with Crippen LogP contribution in [0.25, 0.3) is 11.1 Å². The highest BCUT2D eigenvalue weighted by Gasteiger charge is 2.14. The predicted octanol–water partition coefficient (Wildman–Crippen LogP) is 4.29. The second-order valence-electron chi connectivity index (χ2n) is 3.78. The van der Waals surface area contributed by atoms with Gasteiger partial charge < -0.3 is 4.74 Å². The van der Waals surface area contributed by atoms with E-state index in [4.69, 9.17) is 4.74 Å². The van der Waals surface area contributed by atoms with Crippen molar-refractivity contribution in [2.24, 2.45) is 0 Å². The maximum absolute atomic E-state index is 11.9. The summed E-state index contributed by atoms with van der Waals surface area (Å²) in [5, 5.41) is 0. The van der Waals surface area contributed by atoms with E-state index in [1.165, 1.54) is 0 Å². The van der Waals surface area contributed by atoms with Gasteiger partial charge in [-0.3, -0.25) is 0 Å². The maximum atomic E-state index is 11.9. The highest BCUT2D eigenvalue weighted by Crippen LogP contribution is 2.27. The zero-order valence-corrected chi connectivity index (χ0v) is 11.6. The minimum Gasteiger partial charge on any atom is -0.462 e. The highest BCUT2D eigenvalue weighted by atomic mass is 79.9. The minimum atomic E-state index is -0.294. The molecule has 2 aromatic carbocycles. The molecule has 0 fully saturated rings. The van der Waals surface area contributed by atoms with E-state index in [0.29, 0.717) is 12.2 Å². The lowest BCUT2D eigenvalue weighted by Crippen LogP contribution is -2.06. The molecule has 0 aliphatic carbocycles. The molecule has 2 rings (SSSR count). The number of rotatable bonds is 3. The number of benzene rings is 2. The Hall–Kier alpha value is -1.61. The van der Waals surface area contributed by atoms with Gasteiger partial charge in [0.25, 0.3) is 0 Å². The second kappa shape index (κ2) is 5.83. The van der Waals surface area contributed by atoms with Crippen molar-refractivity contribution in [1.29, 1.82) is 0 Å². The summed E-state index contributed by atoms with van der Waals surface area (Å²) in [6.07, 6.45) is 0. The van der Waals surface area contributed by atoms with Crippen molar-refractivity contribution in [2.75, 3.05) is 6.61 Å². The first-order chi connectivity index (χ1) is 8.72. The summed E-state index contributed by atoms with van der Waals surface area (Å²) in [5.41, 5.74) is 2.47. The van der Waals surface area contributed by atoms with Gasteiger partial charge in [0.05, 0.1) is 12.2 Å². The molecule has 92 valence electrons. The number of esters is 1. The largest absolute Gasteiger partial charge is 0.462 e. The molecule has 0 saturated heterocycles. The Morgan fingerprint density at radius 2 is 1.89 bits per heavy atom. The van der Waals surface area contributed by atoms with Crippen LogP contribution in [-0.4, -0.2) is 12.6 Å². The molecule has 0 spiro atoms. The molecule has 0 aliphatic heterocycles. The summed E-state index contributed by atoms with van der Waals surface area (Å²) in [5.74, 6) is -0.294. The average molecular weight is 305 g/mol. The first-order valence-electron chi connectivity index (χ1n) is 5.74. The standard InChI is InChI=1S/C15H13BrO2/c1-2-18-15(17)14-10-12(16)8-9-13(14)11-6-4-3-5-7-11/h3-10H,2H2,1H3. The number of halogens is 1. The zero-order valence-electron chi connectivity index (χ0n) is 10.0. The molecule has 0 amide bonds. The van der Waals surface area contributed by atoms with Gasteiger partial charge in [-0.25, -0.2) is 4.79 Å². The number of ether oxygens (including phenoxy) is 1. The lowest BCUT2D eigenvalue weighted by atomic mass is 10.00. The fraction of sp³-hybridized carbons (Fsp3) is 0.133. The molecule has 0 radical (unpaired) electrons. The van der Waals surface area contributed by atoms with Gasteiger partial charge in [-0.2, -0.15) is 0 Å². The van der Waals surface area contributed by atoms with Crippen molar-refractivity contribution < 1.29 is 9.53 Å². The summed E-state index contributed by atoms with van der Waals surface area (Å²) < 4.78 is 5.95. The van der Waals surface area contributed by atoms with Crippen LogP contribution in [0.3, 0.4) is 0 Å². The third kappa shape index (κ3) is 2.79. The van der Waals surface area contributed by atoms with Crippen molar-refractivity contribution >= 4 is 21.9 Å². The molecule has 2 aromatic rings. The van der Waals surface area contributed by atoms with E-state index < -0.39 is 0 Å². The first-order valence-corrected chi connectivity index (χ1v) is 6.53. The van der Waals surface area contributed by atoms with E-state index in [1.807, 2.05) is 42.5 Å².